The zero-order valence-electron chi connectivity index (χ0n) is 8.30. The minimum Gasteiger partial charge on any atom is -0.315 e. The molecule has 0 bridgehead atoms. The molecule has 1 atom stereocenters. The monoisotopic (exact) mass is 249 g/mol. The van der Waals surface area contributed by atoms with Crippen molar-refractivity contribution < 1.29 is 18.0 Å². The number of ketones is 1. The van der Waals surface area contributed by atoms with Gasteiger partial charge in [-0.05, 0) is 24.4 Å². The Morgan fingerprint density at radius 3 is 2.69 bits per heavy atom. The average molecular weight is 249 g/mol. The van der Waals surface area contributed by atoms with Crippen LogP contribution in [0.5, 0.6) is 0 Å². The molecule has 0 radical (unpaired) electrons. The second kappa shape index (κ2) is 3.85. The van der Waals surface area contributed by atoms with E-state index in [1.165, 1.54) is 6.07 Å². The number of alkyl halides is 3. The van der Waals surface area contributed by atoms with E-state index in [9.17, 15) is 18.0 Å². The molecule has 1 unspecified atom stereocenters. The fraction of sp³-hybridized carbons (Fsp3) is 0.500. The van der Waals surface area contributed by atoms with Gasteiger partial charge < -0.3 is 5.32 Å². The van der Waals surface area contributed by atoms with Gasteiger partial charge in [0.1, 0.15) is 5.41 Å². The first kappa shape index (κ1) is 11.6. The normalized spacial score (nSPS) is 25.9. The van der Waals surface area contributed by atoms with E-state index in [1.807, 2.05) is 0 Å². The molecule has 88 valence electrons. The molecule has 1 aromatic rings. The molecule has 1 fully saturated rings. The summed E-state index contributed by atoms with van der Waals surface area (Å²) in [6, 6.07) is 3.03. The maximum atomic E-state index is 13.0. The molecule has 1 aliphatic heterocycles. The molecule has 0 spiro atoms. The Kier molecular flexibility index (Phi) is 2.79. The largest absolute Gasteiger partial charge is 0.402 e. The first-order valence-electron chi connectivity index (χ1n) is 4.83. The number of carbonyl (C=O) groups excluding carboxylic acids is 1. The quantitative estimate of drug-likeness (QED) is 0.816. The SMILES string of the molecule is O=C(c1cccs1)C1(C(F)(F)F)CCNC1. The number of hydrogen-bond donors (Lipinski definition) is 1. The van der Waals surface area contributed by atoms with Gasteiger partial charge in [-0.2, -0.15) is 13.2 Å². The third-order valence-electron chi connectivity index (χ3n) is 2.88. The van der Waals surface area contributed by atoms with Crippen molar-refractivity contribution in [3.8, 4) is 0 Å². The second-order valence-electron chi connectivity index (χ2n) is 3.81. The van der Waals surface area contributed by atoms with Crippen molar-refractivity contribution in [2.24, 2.45) is 5.41 Å². The zero-order valence-corrected chi connectivity index (χ0v) is 9.12. The van der Waals surface area contributed by atoms with E-state index in [1.54, 1.807) is 11.4 Å². The molecule has 2 rings (SSSR count). The Balaban J connectivity index is 2.38. The van der Waals surface area contributed by atoms with E-state index < -0.39 is 17.4 Å². The smallest absolute Gasteiger partial charge is 0.315 e. The summed E-state index contributed by atoms with van der Waals surface area (Å²) in [7, 11) is 0. The van der Waals surface area contributed by atoms with Crippen LogP contribution >= 0.6 is 11.3 Å². The fourth-order valence-electron chi connectivity index (χ4n) is 1.90. The summed E-state index contributed by atoms with van der Waals surface area (Å²) in [4.78, 5) is 12.1. The standard InChI is InChI=1S/C10H10F3NOS/c11-10(12,13)9(3-4-14-6-9)8(15)7-2-1-5-16-7/h1-2,5,14H,3-4,6H2. The van der Waals surface area contributed by atoms with Gasteiger partial charge >= 0.3 is 6.18 Å². The summed E-state index contributed by atoms with van der Waals surface area (Å²) in [6.45, 7) is -0.0795. The lowest BCUT2D eigenvalue weighted by molar-refractivity contribution is -0.197. The molecule has 2 heterocycles. The Labute approximate surface area is 94.5 Å². The van der Waals surface area contributed by atoms with Crippen LogP contribution in [-0.2, 0) is 0 Å². The summed E-state index contributed by atoms with van der Waals surface area (Å²) < 4.78 is 39.0. The van der Waals surface area contributed by atoms with Crippen LogP contribution in [0.1, 0.15) is 16.1 Å². The Bertz CT molecular complexity index is 379. The van der Waals surface area contributed by atoms with Gasteiger partial charge in [0.15, 0.2) is 5.78 Å². The van der Waals surface area contributed by atoms with Crippen LogP contribution in [-0.4, -0.2) is 25.0 Å². The van der Waals surface area contributed by atoms with Crippen molar-refractivity contribution >= 4 is 17.1 Å². The van der Waals surface area contributed by atoms with E-state index in [4.69, 9.17) is 0 Å². The molecular weight excluding hydrogens is 239 g/mol. The second-order valence-corrected chi connectivity index (χ2v) is 4.76. The van der Waals surface area contributed by atoms with Crippen LogP contribution in [0.25, 0.3) is 0 Å². The van der Waals surface area contributed by atoms with E-state index >= 15 is 0 Å². The number of halogens is 3. The molecule has 1 aromatic heterocycles. The predicted octanol–water partition coefficient (Wildman–Crippen LogP) is 2.47. The highest BCUT2D eigenvalue weighted by Crippen LogP contribution is 2.45. The van der Waals surface area contributed by atoms with E-state index in [2.05, 4.69) is 5.32 Å². The van der Waals surface area contributed by atoms with Crippen molar-refractivity contribution in [2.45, 2.75) is 12.6 Å². The lowest BCUT2D eigenvalue weighted by Crippen LogP contribution is -2.46. The fourth-order valence-corrected chi connectivity index (χ4v) is 2.66. The van der Waals surface area contributed by atoms with Gasteiger partial charge in [0, 0.05) is 6.54 Å². The van der Waals surface area contributed by atoms with Gasteiger partial charge in [-0.1, -0.05) is 6.07 Å². The summed E-state index contributed by atoms with van der Waals surface area (Å²) in [5.41, 5.74) is -2.22. The molecule has 2 nitrogen and oxygen atoms in total. The molecule has 1 saturated heterocycles. The van der Waals surface area contributed by atoms with Crippen molar-refractivity contribution in [3.63, 3.8) is 0 Å². The van der Waals surface area contributed by atoms with Crippen LogP contribution in [0, 0.1) is 5.41 Å². The van der Waals surface area contributed by atoms with E-state index in [0.717, 1.165) is 11.3 Å². The molecule has 6 heteroatoms. The number of thiophene rings is 1. The molecule has 0 aromatic carbocycles. The van der Waals surface area contributed by atoms with Crippen molar-refractivity contribution in [1.82, 2.24) is 5.32 Å². The highest BCUT2D eigenvalue weighted by molar-refractivity contribution is 7.12. The molecule has 16 heavy (non-hydrogen) atoms. The first-order valence-corrected chi connectivity index (χ1v) is 5.71. The van der Waals surface area contributed by atoms with Gasteiger partial charge in [0.25, 0.3) is 0 Å². The van der Waals surface area contributed by atoms with Gasteiger partial charge in [-0.3, -0.25) is 4.79 Å². The Morgan fingerprint density at radius 1 is 1.50 bits per heavy atom. The highest BCUT2D eigenvalue weighted by Gasteiger charge is 2.61. The number of hydrogen-bond acceptors (Lipinski definition) is 3. The molecule has 1 aliphatic rings. The summed E-state index contributed by atoms with van der Waals surface area (Å²) in [5, 5.41) is 4.24. The van der Waals surface area contributed by atoms with Gasteiger partial charge in [-0.25, -0.2) is 0 Å². The van der Waals surface area contributed by atoms with Crippen LogP contribution in [0.15, 0.2) is 17.5 Å². The zero-order chi connectivity index (χ0) is 11.8. The summed E-state index contributed by atoms with van der Waals surface area (Å²) >= 11 is 1.06. The van der Waals surface area contributed by atoms with E-state index in [-0.39, 0.29) is 24.4 Å². The predicted molar refractivity (Wildman–Crippen MR) is 54.6 cm³/mol. The number of Topliss-reactive ketones (excluding diaryl/α,β-unsaturated/α-hetero) is 1. The first-order chi connectivity index (χ1) is 7.47. The number of nitrogens with one attached hydrogen (secondary N) is 1. The van der Waals surface area contributed by atoms with Gasteiger partial charge in [0.05, 0.1) is 4.88 Å². The maximum absolute atomic E-state index is 13.0. The lowest BCUT2D eigenvalue weighted by Gasteiger charge is -2.28. The van der Waals surface area contributed by atoms with Crippen LogP contribution in [0.4, 0.5) is 13.2 Å². The Hall–Kier alpha value is -0.880. The van der Waals surface area contributed by atoms with Crippen LogP contribution in [0.3, 0.4) is 0 Å². The van der Waals surface area contributed by atoms with Crippen molar-refractivity contribution in [2.75, 3.05) is 13.1 Å². The lowest BCUT2D eigenvalue weighted by atomic mass is 9.81. The Morgan fingerprint density at radius 2 is 2.25 bits per heavy atom. The van der Waals surface area contributed by atoms with Crippen LogP contribution in [0.2, 0.25) is 0 Å². The molecule has 0 saturated carbocycles. The molecular formula is C10H10F3NOS. The topological polar surface area (TPSA) is 29.1 Å². The maximum Gasteiger partial charge on any atom is 0.402 e. The van der Waals surface area contributed by atoms with Gasteiger partial charge in [0.2, 0.25) is 0 Å². The molecule has 1 N–H and O–H groups in total. The molecule has 0 aliphatic carbocycles. The van der Waals surface area contributed by atoms with E-state index in [0.29, 0.717) is 0 Å². The summed E-state index contributed by atoms with van der Waals surface area (Å²) in [5.74, 6) is -0.806. The minimum atomic E-state index is -4.49. The minimum absolute atomic E-state index is 0.173. The van der Waals surface area contributed by atoms with Crippen LogP contribution < -0.4 is 5.32 Å². The van der Waals surface area contributed by atoms with Crippen molar-refractivity contribution in [1.29, 1.82) is 0 Å². The van der Waals surface area contributed by atoms with Gasteiger partial charge in [-0.15, -0.1) is 11.3 Å². The third-order valence-corrected chi connectivity index (χ3v) is 3.75. The number of carbonyl (C=O) groups is 1. The number of rotatable bonds is 2. The average Bonchev–Trinajstić information content (AvgIpc) is 2.88. The highest BCUT2D eigenvalue weighted by atomic mass is 32.1. The van der Waals surface area contributed by atoms with Crippen molar-refractivity contribution in [3.05, 3.63) is 22.4 Å². The summed E-state index contributed by atoms with van der Waals surface area (Å²) in [6.07, 6.45) is -4.66. The molecule has 0 amide bonds. The third kappa shape index (κ3) is 1.66.